The number of hydrogen-bond acceptors (Lipinski definition) is 6. The first-order valence-electron chi connectivity index (χ1n) is 5.70. The maximum Gasteiger partial charge on any atom is 0.480 e. The molecule has 0 rings (SSSR count). The van der Waals surface area contributed by atoms with Gasteiger partial charge in [-0.25, -0.2) is 8.88 Å². The molecule has 0 aromatic heterocycles. The molecule has 0 amide bonds. The van der Waals surface area contributed by atoms with E-state index in [2.05, 4.69) is 0 Å². The molecule has 18 heavy (non-hydrogen) atoms. The molecular weight excluding hydrogens is 318 g/mol. The summed E-state index contributed by atoms with van der Waals surface area (Å²) < 4.78 is 33.0. The van der Waals surface area contributed by atoms with Gasteiger partial charge in [-0.2, -0.15) is 0 Å². The highest BCUT2D eigenvalue weighted by molar-refractivity contribution is 8.11. The summed E-state index contributed by atoms with van der Waals surface area (Å²) in [5, 5.41) is 0. The lowest BCUT2D eigenvalue weighted by atomic mass is 10.2. The fourth-order valence-corrected chi connectivity index (χ4v) is 5.67. The largest absolute Gasteiger partial charge is 0.480 e. The lowest BCUT2D eigenvalue weighted by Crippen LogP contribution is -2.05. The molecule has 9 heteroatoms. The van der Waals surface area contributed by atoms with Crippen molar-refractivity contribution >= 4 is 37.7 Å². The minimum absolute atomic E-state index is 0.0425. The van der Waals surface area contributed by atoms with Crippen LogP contribution in [-0.4, -0.2) is 25.4 Å². The molecule has 1 atom stereocenters. The molecule has 0 aliphatic carbocycles. The summed E-state index contributed by atoms with van der Waals surface area (Å²) in [5.41, 5.74) is -0.0425. The van der Waals surface area contributed by atoms with E-state index >= 15 is 0 Å². The zero-order chi connectivity index (χ0) is 14.2. The SMILES string of the molecule is CCOP(=O)(OCC)OP(=S)(CCl)OCC(C)C. The fourth-order valence-electron chi connectivity index (χ4n) is 0.896. The van der Waals surface area contributed by atoms with Gasteiger partial charge in [-0.1, -0.05) is 13.8 Å². The number of phosphoric acid groups is 1. The number of alkyl halides is 1. The Morgan fingerprint density at radius 2 is 1.67 bits per heavy atom. The van der Waals surface area contributed by atoms with Crippen molar-refractivity contribution in [2.75, 3.05) is 25.4 Å². The normalized spacial score (nSPS) is 15.9. The van der Waals surface area contributed by atoms with E-state index in [1.54, 1.807) is 13.8 Å². The van der Waals surface area contributed by atoms with Crippen molar-refractivity contribution in [1.29, 1.82) is 0 Å². The van der Waals surface area contributed by atoms with E-state index in [1.165, 1.54) is 0 Å². The van der Waals surface area contributed by atoms with Crippen molar-refractivity contribution in [2.24, 2.45) is 5.92 Å². The minimum atomic E-state index is -3.68. The molecule has 0 aliphatic rings. The van der Waals surface area contributed by atoms with E-state index in [-0.39, 0.29) is 24.8 Å². The summed E-state index contributed by atoms with van der Waals surface area (Å²) in [6.45, 7) is 5.25. The van der Waals surface area contributed by atoms with Crippen LogP contribution in [0.1, 0.15) is 27.7 Å². The van der Waals surface area contributed by atoms with Gasteiger partial charge in [0.2, 0.25) is 6.49 Å². The van der Waals surface area contributed by atoms with Crippen LogP contribution in [0.25, 0.3) is 0 Å². The predicted molar refractivity (Wildman–Crippen MR) is 77.7 cm³/mol. The fraction of sp³-hybridized carbons (Fsp3) is 1.00. The van der Waals surface area contributed by atoms with Gasteiger partial charge in [-0.05, 0) is 31.6 Å². The Morgan fingerprint density at radius 1 is 1.17 bits per heavy atom. The summed E-state index contributed by atoms with van der Waals surface area (Å²) >= 11 is 11.0. The topological polar surface area (TPSA) is 54.0 Å². The van der Waals surface area contributed by atoms with E-state index < -0.39 is 14.3 Å². The van der Waals surface area contributed by atoms with Crippen molar-refractivity contribution in [3.8, 4) is 0 Å². The van der Waals surface area contributed by atoms with Crippen LogP contribution in [0.2, 0.25) is 0 Å². The zero-order valence-electron chi connectivity index (χ0n) is 11.1. The first-order valence-corrected chi connectivity index (χ1v) is 10.5. The smallest absolute Gasteiger partial charge is 0.328 e. The zero-order valence-corrected chi connectivity index (χ0v) is 14.5. The summed E-state index contributed by atoms with van der Waals surface area (Å²) in [5.74, 6) is 0.276. The molecular formula is C9H21ClO5P2S. The molecule has 1 unspecified atom stereocenters. The first kappa shape index (κ1) is 19.0. The quantitative estimate of drug-likeness (QED) is 0.435. The molecule has 0 aromatic carbocycles. The van der Waals surface area contributed by atoms with Crippen molar-refractivity contribution in [1.82, 2.24) is 0 Å². The number of hydrogen-bond donors (Lipinski definition) is 0. The molecule has 0 saturated carbocycles. The molecule has 0 bridgehead atoms. The maximum absolute atomic E-state index is 12.2. The number of halogens is 1. The third-order valence-corrected chi connectivity index (χ3v) is 8.00. The van der Waals surface area contributed by atoms with Crippen molar-refractivity contribution in [2.45, 2.75) is 27.7 Å². The third kappa shape index (κ3) is 7.56. The number of phosphoric ester groups is 1. The second-order valence-electron chi connectivity index (χ2n) is 3.78. The first-order chi connectivity index (χ1) is 8.31. The van der Waals surface area contributed by atoms with Gasteiger partial charge in [0.25, 0.3) is 0 Å². The third-order valence-electron chi connectivity index (χ3n) is 1.55. The molecule has 0 N–H and O–H groups in total. The van der Waals surface area contributed by atoms with Gasteiger partial charge in [0, 0.05) is 0 Å². The summed E-state index contributed by atoms with van der Waals surface area (Å²) in [6, 6.07) is 0. The highest BCUT2D eigenvalue weighted by atomic mass is 35.5. The highest BCUT2D eigenvalue weighted by Gasteiger charge is 2.34. The van der Waals surface area contributed by atoms with Crippen LogP contribution in [0.15, 0.2) is 0 Å². The van der Waals surface area contributed by atoms with Crippen LogP contribution in [0, 0.1) is 5.92 Å². The summed E-state index contributed by atoms with van der Waals surface area (Å²) in [4.78, 5) is 0. The van der Waals surface area contributed by atoms with Crippen LogP contribution in [0.4, 0.5) is 0 Å². The molecule has 0 aromatic rings. The molecule has 0 fully saturated rings. The van der Waals surface area contributed by atoms with Crippen molar-refractivity contribution in [3.05, 3.63) is 0 Å². The van der Waals surface area contributed by atoms with Crippen LogP contribution in [-0.2, 0) is 34.3 Å². The minimum Gasteiger partial charge on any atom is -0.328 e. The van der Waals surface area contributed by atoms with Crippen LogP contribution >= 0.6 is 25.9 Å². The van der Waals surface area contributed by atoms with E-state index in [0.717, 1.165) is 0 Å². The Kier molecular flexibility index (Phi) is 9.55. The Hall–Kier alpha value is 1.01. The van der Waals surface area contributed by atoms with E-state index in [1.807, 2.05) is 13.8 Å². The van der Waals surface area contributed by atoms with Gasteiger partial charge >= 0.3 is 7.82 Å². The number of rotatable bonds is 10. The lowest BCUT2D eigenvalue weighted by Gasteiger charge is -2.25. The monoisotopic (exact) mass is 338 g/mol. The second-order valence-corrected chi connectivity index (χ2v) is 9.95. The van der Waals surface area contributed by atoms with E-state index in [4.69, 9.17) is 41.3 Å². The molecule has 0 heterocycles. The molecule has 0 aliphatic heterocycles. The van der Waals surface area contributed by atoms with Gasteiger partial charge in [0.15, 0.2) is 0 Å². The Morgan fingerprint density at radius 3 is 2.00 bits per heavy atom. The maximum atomic E-state index is 12.2. The summed E-state index contributed by atoms with van der Waals surface area (Å²) in [6.07, 6.45) is 0. The molecule has 0 radical (unpaired) electrons. The lowest BCUT2D eigenvalue weighted by molar-refractivity contribution is 0.161. The van der Waals surface area contributed by atoms with Crippen molar-refractivity contribution < 1.29 is 22.4 Å². The second kappa shape index (κ2) is 9.04. The van der Waals surface area contributed by atoms with Gasteiger partial charge in [0.1, 0.15) is 0 Å². The Bertz CT molecular complexity index is 316. The average Bonchev–Trinajstić information content (AvgIpc) is 2.27. The molecule has 110 valence electrons. The summed E-state index contributed by atoms with van der Waals surface area (Å²) in [7, 11) is -3.68. The van der Waals surface area contributed by atoms with E-state index in [9.17, 15) is 4.57 Å². The average molecular weight is 339 g/mol. The van der Waals surface area contributed by atoms with Gasteiger partial charge < -0.3 is 4.52 Å². The van der Waals surface area contributed by atoms with E-state index in [0.29, 0.717) is 6.61 Å². The molecule has 0 spiro atoms. The Labute approximate surface area is 119 Å². The highest BCUT2D eigenvalue weighted by Crippen LogP contribution is 2.65. The van der Waals surface area contributed by atoms with Gasteiger partial charge in [-0.3, -0.25) is 9.05 Å². The Balaban J connectivity index is 4.73. The van der Waals surface area contributed by atoms with Crippen LogP contribution in [0.3, 0.4) is 0 Å². The van der Waals surface area contributed by atoms with Crippen LogP contribution < -0.4 is 0 Å². The molecule has 0 saturated heterocycles. The van der Waals surface area contributed by atoms with Gasteiger partial charge in [-0.15, -0.1) is 11.6 Å². The predicted octanol–water partition coefficient (Wildman–Crippen LogP) is 4.36. The van der Waals surface area contributed by atoms with Gasteiger partial charge in [0.05, 0.1) is 25.4 Å². The molecule has 5 nitrogen and oxygen atoms in total. The van der Waals surface area contributed by atoms with Crippen molar-refractivity contribution in [3.63, 3.8) is 0 Å². The van der Waals surface area contributed by atoms with Crippen LogP contribution in [0.5, 0.6) is 0 Å². The standard InChI is InChI=1S/C9H21ClO5P2S/c1-5-12-17(11,13-6-2)15-16(18,8-10)14-7-9(3)4/h9H,5-8H2,1-4H3.